The van der Waals surface area contributed by atoms with Crippen molar-refractivity contribution in [2.24, 2.45) is 0 Å². The average molecular weight is 353 g/mol. The van der Waals surface area contributed by atoms with Gasteiger partial charge < -0.3 is 10.2 Å². The van der Waals surface area contributed by atoms with E-state index in [1.807, 2.05) is 30.0 Å². The third-order valence-corrected chi connectivity index (χ3v) is 4.42. The summed E-state index contributed by atoms with van der Waals surface area (Å²) in [5.41, 5.74) is 1.90. The van der Waals surface area contributed by atoms with Crippen LogP contribution < -0.4 is 5.32 Å². The standard InChI is InChI=1S/C17H25BrN2O/c1-3-4-8-20(12-16-6-5-7-19-16)17(21)14-9-13(2)10-15(18)11-14/h9-11,16,19H,3-8,12H2,1-2H3. The molecule has 3 nitrogen and oxygen atoms in total. The highest BCUT2D eigenvalue weighted by Gasteiger charge is 2.22. The zero-order valence-electron chi connectivity index (χ0n) is 13.0. The van der Waals surface area contributed by atoms with Crippen LogP contribution in [-0.2, 0) is 0 Å². The summed E-state index contributed by atoms with van der Waals surface area (Å²) in [6.07, 6.45) is 4.56. The van der Waals surface area contributed by atoms with Crippen LogP contribution in [-0.4, -0.2) is 36.5 Å². The number of carbonyl (C=O) groups is 1. The molecule has 1 heterocycles. The molecule has 21 heavy (non-hydrogen) atoms. The topological polar surface area (TPSA) is 32.3 Å². The van der Waals surface area contributed by atoms with Crippen molar-refractivity contribution in [2.45, 2.75) is 45.6 Å². The van der Waals surface area contributed by atoms with E-state index in [1.54, 1.807) is 0 Å². The highest BCUT2D eigenvalue weighted by molar-refractivity contribution is 9.10. The second-order valence-electron chi connectivity index (χ2n) is 5.92. The summed E-state index contributed by atoms with van der Waals surface area (Å²) < 4.78 is 0.972. The molecule has 1 N–H and O–H groups in total. The Bertz CT molecular complexity index is 463. The second-order valence-corrected chi connectivity index (χ2v) is 6.83. The zero-order chi connectivity index (χ0) is 15.2. The maximum Gasteiger partial charge on any atom is 0.253 e. The van der Waals surface area contributed by atoms with Crippen molar-refractivity contribution in [1.82, 2.24) is 10.2 Å². The summed E-state index contributed by atoms with van der Waals surface area (Å²) in [7, 11) is 0. The largest absolute Gasteiger partial charge is 0.337 e. The summed E-state index contributed by atoms with van der Waals surface area (Å²) in [4.78, 5) is 14.8. The van der Waals surface area contributed by atoms with Gasteiger partial charge in [-0.05, 0) is 56.5 Å². The van der Waals surface area contributed by atoms with Crippen molar-refractivity contribution >= 4 is 21.8 Å². The molecule has 0 radical (unpaired) electrons. The predicted octanol–water partition coefficient (Wildman–Crippen LogP) is 3.75. The minimum atomic E-state index is 0.154. The van der Waals surface area contributed by atoms with E-state index in [-0.39, 0.29) is 5.91 Å². The number of nitrogens with one attached hydrogen (secondary N) is 1. The molecule has 1 aliphatic heterocycles. The van der Waals surface area contributed by atoms with Crippen molar-refractivity contribution in [2.75, 3.05) is 19.6 Å². The lowest BCUT2D eigenvalue weighted by molar-refractivity contribution is 0.0739. The fourth-order valence-electron chi connectivity index (χ4n) is 2.85. The molecule has 1 aliphatic rings. The van der Waals surface area contributed by atoms with Gasteiger partial charge in [-0.25, -0.2) is 0 Å². The van der Waals surface area contributed by atoms with Crippen LogP contribution in [0.1, 0.15) is 48.5 Å². The molecule has 1 aromatic carbocycles. The van der Waals surface area contributed by atoms with E-state index in [1.165, 1.54) is 12.8 Å². The Hall–Kier alpha value is -0.870. The normalized spacial score (nSPS) is 18.0. The van der Waals surface area contributed by atoms with Crippen LogP contribution in [0.25, 0.3) is 0 Å². The number of unbranched alkanes of at least 4 members (excludes halogenated alkanes) is 1. The number of hydrogen-bond acceptors (Lipinski definition) is 2. The third kappa shape index (κ3) is 4.82. The Labute approximate surface area is 136 Å². The molecule has 0 spiro atoms. The fourth-order valence-corrected chi connectivity index (χ4v) is 3.45. The number of hydrogen-bond donors (Lipinski definition) is 1. The monoisotopic (exact) mass is 352 g/mol. The van der Waals surface area contributed by atoms with Gasteiger partial charge in [0.05, 0.1) is 0 Å². The molecule has 0 bridgehead atoms. The first-order chi connectivity index (χ1) is 10.1. The first kappa shape index (κ1) is 16.5. The molecular weight excluding hydrogens is 328 g/mol. The van der Waals surface area contributed by atoms with E-state index < -0.39 is 0 Å². The van der Waals surface area contributed by atoms with E-state index >= 15 is 0 Å². The minimum Gasteiger partial charge on any atom is -0.337 e. The highest BCUT2D eigenvalue weighted by atomic mass is 79.9. The van der Waals surface area contributed by atoms with Gasteiger partial charge in [-0.3, -0.25) is 4.79 Å². The van der Waals surface area contributed by atoms with Crippen LogP contribution in [0.2, 0.25) is 0 Å². The van der Waals surface area contributed by atoms with Crippen LogP contribution >= 0.6 is 15.9 Å². The van der Waals surface area contributed by atoms with E-state index in [2.05, 4.69) is 28.2 Å². The lowest BCUT2D eigenvalue weighted by Gasteiger charge is -2.26. The Morgan fingerprint density at radius 3 is 2.86 bits per heavy atom. The number of halogens is 1. The molecule has 1 atom stereocenters. The van der Waals surface area contributed by atoms with Crippen LogP contribution in [0.5, 0.6) is 0 Å². The van der Waals surface area contributed by atoms with Crippen LogP contribution in [0.4, 0.5) is 0 Å². The number of carbonyl (C=O) groups excluding carboxylic acids is 1. The van der Waals surface area contributed by atoms with E-state index in [9.17, 15) is 4.79 Å². The SMILES string of the molecule is CCCCN(CC1CCCN1)C(=O)c1cc(C)cc(Br)c1. The minimum absolute atomic E-state index is 0.154. The summed E-state index contributed by atoms with van der Waals surface area (Å²) in [5.74, 6) is 0.154. The van der Waals surface area contributed by atoms with Gasteiger partial charge >= 0.3 is 0 Å². The Balaban J connectivity index is 2.11. The maximum atomic E-state index is 12.8. The first-order valence-electron chi connectivity index (χ1n) is 7.90. The molecule has 1 aromatic rings. The van der Waals surface area contributed by atoms with E-state index in [0.717, 1.165) is 48.1 Å². The molecule has 0 aromatic heterocycles. The van der Waals surface area contributed by atoms with Gasteiger partial charge in [0.25, 0.3) is 5.91 Å². The molecule has 1 fully saturated rings. The first-order valence-corrected chi connectivity index (χ1v) is 8.69. The molecular formula is C17H25BrN2O. The summed E-state index contributed by atoms with van der Waals surface area (Å²) in [5, 5.41) is 3.49. The van der Waals surface area contributed by atoms with E-state index in [4.69, 9.17) is 0 Å². The molecule has 2 rings (SSSR count). The number of nitrogens with zero attached hydrogens (tertiary/aromatic N) is 1. The van der Waals surface area contributed by atoms with Gasteiger partial charge in [-0.2, -0.15) is 0 Å². The number of aryl methyl sites for hydroxylation is 1. The van der Waals surface area contributed by atoms with Gasteiger partial charge in [-0.1, -0.05) is 29.3 Å². The van der Waals surface area contributed by atoms with Crippen molar-refractivity contribution in [3.63, 3.8) is 0 Å². The maximum absolute atomic E-state index is 12.8. The van der Waals surface area contributed by atoms with Crippen molar-refractivity contribution in [3.8, 4) is 0 Å². The summed E-state index contributed by atoms with van der Waals surface area (Å²) >= 11 is 3.49. The molecule has 116 valence electrons. The smallest absolute Gasteiger partial charge is 0.253 e. The molecule has 4 heteroatoms. The van der Waals surface area contributed by atoms with Crippen molar-refractivity contribution < 1.29 is 4.79 Å². The Kier molecular flexibility index (Phi) is 6.24. The number of amides is 1. The number of rotatable bonds is 6. The molecule has 0 aliphatic carbocycles. The lowest BCUT2D eigenvalue weighted by Crippen LogP contribution is -2.41. The Morgan fingerprint density at radius 1 is 1.43 bits per heavy atom. The van der Waals surface area contributed by atoms with Crippen molar-refractivity contribution in [3.05, 3.63) is 33.8 Å². The van der Waals surface area contributed by atoms with Gasteiger partial charge in [0, 0.05) is 29.2 Å². The zero-order valence-corrected chi connectivity index (χ0v) is 14.6. The summed E-state index contributed by atoms with van der Waals surface area (Å²) in [6.45, 7) is 6.94. The van der Waals surface area contributed by atoms with Gasteiger partial charge in [0.15, 0.2) is 0 Å². The van der Waals surface area contributed by atoms with Crippen LogP contribution in [0.15, 0.2) is 22.7 Å². The van der Waals surface area contributed by atoms with Gasteiger partial charge in [0.1, 0.15) is 0 Å². The molecule has 1 saturated heterocycles. The number of benzene rings is 1. The second kappa shape index (κ2) is 7.95. The van der Waals surface area contributed by atoms with Crippen LogP contribution in [0.3, 0.4) is 0 Å². The quantitative estimate of drug-likeness (QED) is 0.845. The molecule has 1 unspecified atom stereocenters. The predicted molar refractivity (Wildman–Crippen MR) is 90.7 cm³/mol. The molecule has 0 saturated carbocycles. The van der Waals surface area contributed by atoms with E-state index in [0.29, 0.717) is 6.04 Å². The highest BCUT2D eigenvalue weighted by Crippen LogP contribution is 2.18. The van der Waals surface area contributed by atoms with Crippen LogP contribution in [0, 0.1) is 6.92 Å². The fraction of sp³-hybridized carbons (Fsp3) is 0.588. The average Bonchev–Trinajstić information content (AvgIpc) is 2.94. The van der Waals surface area contributed by atoms with Crippen molar-refractivity contribution in [1.29, 1.82) is 0 Å². The third-order valence-electron chi connectivity index (χ3n) is 3.96. The lowest BCUT2D eigenvalue weighted by atomic mass is 10.1. The Morgan fingerprint density at radius 2 is 2.24 bits per heavy atom. The van der Waals surface area contributed by atoms with Gasteiger partial charge in [0.2, 0.25) is 0 Å². The van der Waals surface area contributed by atoms with Gasteiger partial charge in [-0.15, -0.1) is 0 Å². The summed E-state index contributed by atoms with van der Waals surface area (Å²) in [6, 6.07) is 6.40. The molecule has 1 amide bonds.